The van der Waals surface area contributed by atoms with E-state index in [-0.39, 0.29) is 11.4 Å². The minimum atomic E-state index is -0.683. The fourth-order valence-corrected chi connectivity index (χ4v) is 4.09. The molecule has 1 aliphatic heterocycles. The second-order valence-electron chi connectivity index (χ2n) is 8.78. The van der Waals surface area contributed by atoms with E-state index in [1.165, 1.54) is 36.4 Å². The summed E-state index contributed by atoms with van der Waals surface area (Å²) in [4.78, 5) is 14.5. The minimum absolute atomic E-state index is 0.0115. The van der Waals surface area contributed by atoms with Gasteiger partial charge in [0.15, 0.2) is 0 Å². The molecule has 0 aliphatic carbocycles. The van der Waals surface area contributed by atoms with Crippen molar-refractivity contribution >= 4 is 17.4 Å². The number of halogens is 2. The molecule has 1 aromatic heterocycles. The fraction of sp³-hybridized carbons (Fsp3) is 0.214. The summed E-state index contributed by atoms with van der Waals surface area (Å²) in [5.74, 6) is -0.325. The van der Waals surface area contributed by atoms with Crippen LogP contribution in [-0.2, 0) is 4.74 Å². The number of ether oxygens (including phenoxy) is 2. The molecule has 1 fully saturated rings. The van der Waals surface area contributed by atoms with Crippen LogP contribution in [0.3, 0.4) is 0 Å². The van der Waals surface area contributed by atoms with Crippen LogP contribution in [0.25, 0.3) is 22.5 Å². The SMILES string of the molecule is O=C(Nc1cccc(F)c1)Nc1ccc(-c2cc(-c3ccc(OCCN4CCOCC4)cc3)[nH]n2)cc1F. The van der Waals surface area contributed by atoms with Crippen molar-refractivity contribution < 1.29 is 23.0 Å². The smallest absolute Gasteiger partial charge is 0.323 e. The third-order valence-corrected chi connectivity index (χ3v) is 6.12. The molecule has 2 heterocycles. The zero-order valence-corrected chi connectivity index (χ0v) is 20.5. The number of H-pyrrole nitrogens is 1. The maximum absolute atomic E-state index is 14.7. The Bertz CT molecular complexity index is 1390. The molecule has 10 heteroatoms. The summed E-state index contributed by atoms with van der Waals surface area (Å²) in [6.45, 7) is 4.86. The summed E-state index contributed by atoms with van der Waals surface area (Å²) in [6, 6.07) is 18.7. The molecule has 4 aromatic rings. The molecule has 3 N–H and O–H groups in total. The van der Waals surface area contributed by atoms with Crippen LogP contribution >= 0.6 is 0 Å². The van der Waals surface area contributed by atoms with Gasteiger partial charge < -0.3 is 20.1 Å². The maximum atomic E-state index is 14.7. The van der Waals surface area contributed by atoms with Gasteiger partial charge in [-0.25, -0.2) is 13.6 Å². The number of benzene rings is 3. The number of anilines is 2. The van der Waals surface area contributed by atoms with Gasteiger partial charge in [-0.05, 0) is 66.2 Å². The lowest BCUT2D eigenvalue weighted by molar-refractivity contribution is 0.0322. The highest BCUT2D eigenvalue weighted by Crippen LogP contribution is 2.28. The summed E-state index contributed by atoms with van der Waals surface area (Å²) < 4.78 is 39.2. The van der Waals surface area contributed by atoms with Gasteiger partial charge in [-0.2, -0.15) is 5.10 Å². The van der Waals surface area contributed by atoms with Crippen molar-refractivity contribution in [3.63, 3.8) is 0 Å². The van der Waals surface area contributed by atoms with Crippen LogP contribution < -0.4 is 15.4 Å². The van der Waals surface area contributed by atoms with E-state index in [1.807, 2.05) is 30.3 Å². The Balaban J connectivity index is 1.17. The van der Waals surface area contributed by atoms with Crippen LogP contribution in [0.1, 0.15) is 0 Å². The second kappa shape index (κ2) is 11.8. The quantitative estimate of drug-likeness (QED) is 0.291. The van der Waals surface area contributed by atoms with E-state index in [0.29, 0.717) is 17.9 Å². The largest absolute Gasteiger partial charge is 0.492 e. The van der Waals surface area contributed by atoms with Crippen molar-refractivity contribution in [3.05, 3.63) is 84.4 Å². The van der Waals surface area contributed by atoms with Crippen LogP contribution in [0.4, 0.5) is 25.0 Å². The molecule has 2 amide bonds. The zero-order valence-electron chi connectivity index (χ0n) is 20.5. The van der Waals surface area contributed by atoms with Crippen molar-refractivity contribution in [2.45, 2.75) is 0 Å². The average molecular weight is 520 g/mol. The van der Waals surface area contributed by atoms with E-state index in [1.54, 1.807) is 6.07 Å². The first-order valence-electron chi connectivity index (χ1n) is 12.3. The highest BCUT2D eigenvalue weighted by atomic mass is 19.1. The molecule has 0 unspecified atom stereocenters. The van der Waals surface area contributed by atoms with Crippen LogP contribution in [0.5, 0.6) is 5.75 Å². The fourth-order valence-electron chi connectivity index (χ4n) is 4.09. The summed E-state index contributed by atoms with van der Waals surface area (Å²) in [5, 5.41) is 12.2. The highest BCUT2D eigenvalue weighted by Gasteiger charge is 2.13. The first-order valence-corrected chi connectivity index (χ1v) is 12.3. The van der Waals surface area contributed by atoms with E-state index in [0.717, 1.165) is 49.9 Å². The first-order chi connectivity index (χ1) is 18.5. The van der Waals surface area contributed by atoms with Gasteiger partial charge in [0.1, 0.15) is 24.0 Å². The summed E-state index contributed by atoms with van der Waals surface area (Å²) >= 11 is 0. The molecule has 0 atom stereocenters. The number of hydrogen-bond donors (Lipinski definition) is 3. The zero-order chi connectivity index (χ0) is 26.3. The van der Waals surface area contributed by atoms with E-state index < -0.39 is 17.7 Å². The van der Waals surface area contributed by atoms with Gasteiger partial charge in [0.25, 0.3) is 0 Å². The molecule has 38 heavy (non-hydrogen) atoms. The molecule has 5 rings (SSSR count). The lowest BCUT2D eigenvalue weighted by Crippen LogP contribution is -2.38. The van der Waals surface area contributed by atoms with Crippen LogP contribution in [0.15, 0.2) is 72.8 Å². The summed E-state index contributed by atoms with van der Waals surface area (Å²) in [6.07, 6.45) is 0. The molecule has 3 aromatic carbocycles. The number of morpholine rings is 1. The molecular weight excluding hydrogens is 492 g/mol. The summed E-state index contributed by atoms with van der Waals surface area (Å²) in [7, 11) is 0. The van der Waals surface area contributed by atoms with Gasteiger partial charge in [-0.15, -0.1) is 0 Å². The maximum Gasteiger partial charge on any atom is 0.323 e. The lowest BCUT2D eigenvalue weighted by atomic mass is 10.1. The van der Waals surface area contributed by atoms with Gasteiger partial charge in [0.05, 0.1) is 30.3 Å². The topological polar surface area (TPSA) is 91.5 Å². The third-order valence-electron chi connectivity index (χ3n) is 6.12. The van der Waals surface area contributed by atoms with Crippen molar-refractivity contribution in [1.29, 1.82) is 0 Å². The molecule has 0 bridgehead atoms. The van der Waals surface area contributed by atoms with E-state index in [9.17, 15) is 13.6 Å². The molecule has 196 valence electrons. The number of nitrogens with zero attached hydrogens (tertiary/aromatic N) is 2. The molecule has 1 aliphatic rings. The van der Waals surface area contributed by atoms with E-state index in [2.05, 4.69) is 25.7 Å². The first kappa shape index (κ1) is 25.4. The molecule has 8 nitrogen and oxygen atoms in total. The van der Waals surface area contributed by atoms with Crippen LogP contribution in [0.2, 0.25) is 0 Å². The molecule has 0 spiro atoms. The number of aromatic amines is 1. The number of nitrogens with one attached hydrogen (secondary N) is 3. The van der Waals surface area contributed by atoms with Gasteiger partial charge in [0.2, 0.25) is 0 Å². The Morgan fingerprint density at radius 2 is 1.76 bits per heavy atom. The molecule has 1 saturated heterocycles. The number of carbonyl (C=O) groups is 1. The van der Waals surface area contributed by atoms with E-state index in [4.69, 9.17) is 9.47 Å². The number of rotatable bonds is 8. The number of carbonyl (C=O) groups excluding carboxylic acids is 1. The van der Waals surface area contributed by atoms with Gasteiger partial charge in [0, 0.05) is 30.9 Å². The predicted molar refractivity (Wildman–Crippen MR) is 141 cm³/mol. The third kappa shape index (κ3) is 6.53. The molecule has 0 radical (unpaired) electrons. The normalized spacial score (nSPS) is 13.7. The van der Waals surface area contributed by atoms with E-state index >= 15 is 0 Å². The molecule has 0 saturated carbocycles. The Hall–Kier alpha value is -4.28. The standard InChI is InChI=1S/C28H27F2N5O3/c29-21-2-1-3-22(17-21)31-28(36)32-25-9-6-20(16-24(25)30)27-18-26(33-34-27)19-4-7-23(8-5-19)38-15-12-35-10-13-37-14-11-35/h1-9,16-18H,10-15H2,(H,33,34)(H2,31,32,36). The number of hydrogen-bond acceptors (Lipinski definition) is 5. The highest BCUT2D eigenvalue weighted by molar-refractivity contribution is 5.99. The average Bonchev–Trinajstić information content (AvgIpc) is 3.41. The van der Waals surface area contributed by atoms with Crippen LogP contribution in [0, 0.1) is 11.6 Å². The van der Waals surface area contributed by atoms with Gasteiger partial charge >= 0.3 is 6.03 Å². The Labute approximate surface area is 218 Å². The number of aromatic nitrogens is 2. The Kier molecular flexibility index (Phi) is 7.91. The van der Waals surface area contributed by atoms with Gasteiger partial charge in [-0.3, -0.25) is 10.00 Å². The van der Waals surface area contributed by atoms with Crippen molar-refractivity contribution in [1.82, 2.24) is 15.1 Å². The lowest BCUT2D eigenvalue weighted by Gasteiger charge is -2.26. The minimum Gasteiger partial charge on any atom is -0.492 e. The van der Waals surface area contributed by atoms with Crippen molar-refractivity contribution in [2.75, 3.05) is 50.1 Å². The predicted octanol–water partition coefficient (Wildman–Crippen LogP) is 5.38. The number of amides is 2. The molecular formula is C28H27F2N5O3. The van der Waals surface area contributed by atoms with Crippen LogP contribution in [-0.4, -0.2) is 60.6 Å². The second-order valence-corrected chi connectivity index (χ2v) is 8.78. The Morgan fingerprint density at radius 1 is 0.974 bits per heavy atom. The Morgan fingerprint density at radius 3 is 2.53 bits per heavy atom. The van der Waals surface area contributed by atoms with Gasteiger partial charge in [-0.1, -0.05) is 12.1 Å². The van der Waals surface area contributed by atoms with Crippen molar-refractivity contribution in [3.8, 4) is 28.3 Å². The van der Waals surface area contributed by atoms with Crippen molar-refractivity contribution in [2.24, 2.45) is 0 Å². The number of urea groups is 1. The summed E-state index contributed by atoms with van der Waals surface area (Å²) in [5.41, 5.74) is 3.04. The monoisotopic (exact) mass is 519 g/mol.